The first-order valence-electron chi connectivity index (χ1n) is 6.30. The van der Waals surface area contributed by atoms with Gasteiger partial charge in [0.1, 0.15) is 0 Å². The van der Waals surface area contributed by atoms with E-state index in [1.54, 1.807) is 18.3 Å². The van der Waals surface area contributed by atoms with Crippen molar-refractivity contribution in [1.82, 2.24) is 10.2 Å². The number of rotatable bonds is 3. The molecule has 20 heavy (non-hydrogen) atoms. The van der Waals surface area contributed by atoms with Crippen LogP contribution in [0, 0.1) is 0 Å². The van der Waals surface area contributed by atoms with Gasteiger partial charge in [0.25, 0.3) is 5.91 Å². The predicted octanol–water partition coefficient (Wildman–Crippen LogP) is 2.27. The molecule has 0 saturated heterocycles. The van der Waals surface area contributed by atoms with Crippen molar-refractivity contribution in [2.24, 2.45) is 5.73 Å². The maximum Gasteiger partial charge on any atom is 0.255 e. The molecule has 4 N–H and O–H groups in total. The number of aromatic amines is 1. The topological polar surface area (TPSA) is 83.8 Å². The van der Waals surface area contributed by atoms with E-state index in [0.717, 1.165) is 22.2 Å². The quantitative estimate of drug-likeness (QED) is 0.680. The Balaban J connectivity index is 1.80. The third kappa shape index (κ3) is 2.39. The lowest BCUT2D eigenvalue weighted by atomic mass is 10.1. The van der Waals surface area contributed by atoms with Gasteiger partial charge >= 0.3 is 0 Å². The van der Waals surface area contributed by atoms with Crippen molar-refractivity contribution >= 4 is 22.5 Å². The largest absolute Gasteiger partial charge is 0.326 e. The highest BCUT2D eigenvalue weighted by atomic mass is 16.1. The number of nitrogens with zero attached hydrogens (tertiary/aromatic N) is 1. The van der Waals surface area contributed by atoms with Gasteiger partial charge < -0.3 is 11.1 Å². The zero-order valence-electron chi connectivity index (χ0n) is 10.8. The number of nitrogens with one attached hydrogen (secondary N) is 2. The number of hydrogen-bond donors (Lipinski definition) is 3. The summed E-state index contributed by atoms with van der Waals surface area (Å²) in [6.45, 7) is 0.471. The molecule has 0 spiro atoms. The van der Waals surface area contributed by atoms with E-state index >= 15 is 0 Å². The van der Waals surface area contributed by atoms with E-state index in [2.05, 4.69) is 15.5 Å². The summed E-state index contributed by atoms with van der Waals surface area (Å²) < 4.78 is 0. The lowest BCUT2D eigenvalue weighted by Crippen LogP contribution is -2.11. The van der Waals surface area contributed by atoms with Crippen molar-refractivity contribution in [3.8, 4) is 0 Å². The number of carbonyl (C=O) groups is 1. The average Bonchev–Trinajstić information content (AvgIpc) is 2.95. The van der Waals surface area contributed by atoms with E-state index in [1.807, 2.05) is 30.3 Å². The highest BCUT2D eigenvalue weighted by molar-refractivity contribution is 6.05. The molecule has 0 atom stereocenters. The lowest BCUT2D eigenvalue weighted by Gasteiger charge is -2.06. The molecule has 0 fully saturated rings. The van der Waals surface area contributed by atoms with E-state index in [4.69, 9.17) is 5.73 Å². The third-order valence-corrected chi connectivity index (χ3v) is 3.15. The van der Waals surface area contributed by atoms with Crippen LogP contribution in [0.5, 0.6) is 0 Å². The average molecular weight is 266 g/mol. The second-order valence-electron chi connectivity index (χ2n) is 4.53. The van der Waals surface area contributed by atoms with Crippen molar-refractivity contribution in [3.63, 3.8) is 0 Å². The molecule has 1 aromatic heterocycles. The van der Waals surface area contributed by atoms with Gasteiger partial charge in [-0.25, -0.2) is 0 Å². The van der Waals surface area contributed by atoms with Crippen molar-refractivity contribution < 1.29 is 4.79 Å². The summed E-state index contributed by atoms with van der Waals surface area (Å²) in [6.07, 6.45) is 1.72. The number of nitrogens with two attached hydrogens (primary N) is 1. The van der Waals surface area contributed by atoms with Gasteiger partial charge in [0, 0.05) is 23.2 Å². The van der Waals surface area contributed by atoms with Gasteiger partial charge in [0.05, 0.1) is 11.7 Å². The van der Waals surface area contributed by atoms with Gasteiger partial charge in [0.15, 0.2) is 0 Å². The monoisotopic (exact) mass is 266 g/mol. The smallest absolute Gasteiger partial charge is 0.255 e. The normalized spacial score (nSPS) is 10.7. The Kier molecular flexibility index (Phi) is 3.18. The Bertz CT molecular complexity index is 746. The standard InChI is InChI=1S/C15H14N4O/c16-8-10-1-3-11(4-2-10)15(20)18-13-5-6-14-12(7-13)9-17-19-14/h1-7,9H,8,16H2,(H,17,19)(H,18,20). The number of benzene rings is 2. The molecule has 1 heterocycles. The van der Waals surface area contributed by atoms with Crippen LogP contribution in [0.15, 0.2) is 48.7 Å². The fraction of sp³-hybridized carbons (Fsp3) is 0.0667. The Hall–Kier alpha value is -2.66. The maximum atomic E-state index is 12.1. The van der Waals surface area contributed by atoms with Gasteiger partial charge in [-0.1, -0.05) is 12.1 Å². The minimum absolute atomic E-state index is 0.142. The molecule has 5 nitrogen and oxygen atoms in total. The SMILES string of the molecule is NCc1ccc(C(=O)Nc2ccc3[nH]ncc3c2)cc1. The third-order valence-electron chi connectivity index (χ3n) is 3.15. The molecule has 5 heteroatoms. The molecule has 2 aromatic carbocycles. The van der Waals surface area contributed by atoms with Crippen LogP contribution in [0.25, 0.3) is 10.9 Å². The first kappa shape index (κ1) is 12.4. The molecular weight excluding hydrogens is 252 g/mol. The van der Waals surface area contributed by atoms with Crippen LogP contribution < -0.4 is 11.1 Å². The van der Waals surface area contributed by atoms with Gasteiger partial charge in [0.2, 0.25) is 0 Å². The first-order chi connectivity index (χ1) is 9.76. The van der Waals surface area contributed by atoms with Crippen LogP contribution in [0.2, 0.25) is 0 Å². The first-order valence-corrected chi connectivity index (χ1v) is 6.30. The fourth-order valence-corrected chi connectivity index (χ4v) is 2.02. The molecule has 0 aliphatic rings. The molecule has 0 unspecified atom stereocenters. The second kappa shape index (κ2) is 5.14. The zero-order chi connectivity index (χ0) is 13.9. The Morgan fingerprint density at radius 3 is 2.75 bits per heavy atom. The van der Waals surface area contributed by atoms with Crippen molar-refractivity contribution in [1.29, 1.82) is 0 Å². The molecule has 100 valence electrons. The predicted molar refractivity (Wildman–Crippen MR) is 78.4 cm³/mol. The molecule has 0 radical (unpaired) electrons. The minimum Gasteiger partial charge on any atom is -0.326 e. The summed E-state index contributed by atoms with van der Waals surface area (Å²) in [7, 11) is 0. The molecule has 0 aliphatic heterocycles. The van der Waals surface area contributed by atoms with Crippen LogP contribution in [-0.4, -0.2) is 16.1 Å². The maximum absolute atomic E-state index is 12.1. The molecule has 1 amide bonds. The van der Waals surface area contributed by atoms with Crippen LogP contribution in [0.3, 0.4) is 0 Å². The Morgan fingerprint density at radius 1 is 1.20 bits per heavy atom. The Morgan fingerprint density at radius 2 is 2.00 bits per heavy atom. The highest BCUT2D eigenvalue weighted by Crippen LogP contribution is 2.17. The number of carbonyl (C=O) groups excluding carboxylic acids is 1. The Labute approximate surface area is 115 Å². The fourth-order valence-electron chi connectivity index (χ4n) is 2.02. The van der Waals surface area contributed by atoms with Gasteiger partial charge in [-0.3, -0.25) is 9.89 Å². The summed E-state index contributed by atoms with van der Waals surface area (Å²) in [6, 6.07) is 12.9. The summed E-state index contributed by atoms with van der Waals surface area (Å²) >= 11 is 0. The van der Waals surface area contributed by atoms with E-state index in [-0.39, 0.29) is 5.91 Å². The van der Waals surface area contributed by atoms with Gasteiger partial charge in [-0.05, 0) is 35.9 Å². The summed E-state index contributed by atoms with van der Waals surface area (Å²) in [5.41, 5.74) is 8.82. The van der Waals surface area contributed by atoms with E-state index in [9.17, 15) is 4.79 Å². The van der Waals surface area contributed by atoms with Crippen molar-refractivity contribution in [2.45, 2.75) is 6.54 Å². The van der Waals surface area contributed by atoms with Gasteiger partial charge in [-0.2, -0.15) is 5.10 Å². The number of fused-ring (bicyclic) bond motifs is 1. The van der Waals surface area contributed by atoms with Crippen LogP contribution in [0.1, 0.15) is 15.9 Å². The zero-order valence-corrected chi connectivity index (χ0v) is 10.8. The number of anilines is 1. The van der Waals surface area contributed by atoms with Gasteiger partial charge in [-0.15, -0.1) is 0 Å². The van der Waals surface area contributed by atoms with E-state index in [0.29, 0.717) is 12.1 Å². The molecular formula is C15H14N4O. The van der Waals surface area contributed by atoms with Crippen molar-refractivity contribution in [3.05, 3.63) is 59.8 Å². The molecule has 0 saturated carbocycles. The second-order valence-corrected chi connectivity index (χ2v) is 4.53. The van der Waals surface area contributed by atoms with Crippen LogP contribution >= 0.6 is 0 Å². The molecule has 3 rings (SSSR count). The van der Waals surface area contributed by atoms with E-state index in [1.165, 1.54) is 0 Å². The number of amides is 1. The van der Waals surface area contributed by atoms with Crippen LogP contribution in [-0.2, 0) is 6.54 Å². The van der Waals surface area contributed by atoms with E-state index < -0.39 is 0 Å². The summed E-state index contributed by atoms with van der Waals surface area (Å²) in [4.78, 5) is 12.1. The lowest BCUT2D eigenvalue weighted by molar-refractivity contribution is 0.102. The number of hydrogen-bond acceptors (Lipinski definition) is 3. The minimum atomic E-state index is -0.142. The summed E-state index contributed by atoms with van der Waals surface area (Å²) in [5, 5.41) is 10.6. The molecule has 0 aliphatic carbocycles. The number of aromatic nitrogens is 2. The summed E-state index contributed by atoms with van der Waals surface area (Å²) in [5.74, 6) is -0.142. The van der Waals surface area contributed by atoms with Crippen LogP contribution in [0.4, 0.5) is 5.69 Å². The van der Waals surface area contributed by atoms with Crippen molar-refractivity contribution in [2.75, 3.05) is 5.32 Å². The molecule has 3 aromatic rings. The number of H-pyrrole nitrogens is 1. The molecule has 0 bridgehead atoms. The highest BCUT2D eigenvalue weighted by Gasteiger charge is 2.06.